The zero-order valence-electron chi connectivity index (χ0n) is 9.69. The molecule has 2 N–H and O–H groups in total. The zero-order chi connectivity index (χ0) is 12.1. The molecule has 0 aliphatic carbocycles. The lowest BCUT2D eigenvalue weighted by molar-refractivity contribution is -0.120. The zero-order valence-corrected chi connectivity index (χ0v) is 9.69. The molecule has 1 heterocycles. The second-order valence-electron chi connectivity index (χ2n) is 3.71. The molecule has 1 aliphatic heterocycles. The molecule has 0 saturated heterocycles. The Labute approximate surface area is 99.9 Å². The molecule has 0 unspecified atom stereocenters. The van der Waals surface area contributed by atoms with Crippen LogP contribution in [0.3, 0.4) is 0 Å². The maximum Gasteiger partial charge on any atom is 0.260 e. The lowest BCUT2D eigenvalue weighted by Gasteiger charge is -2.15. The third-order valence-electron chi connectivity index (χ3n) is 2.30. The van der Waals surface area contributed by atoms with Crippen LogP contribution in [-0.2, 0) is 4.79 Å². The summed E-state index contributed by atoms with van der Waals surface area (Å²) in [6.07, 6.45) is 0.988. The van der Waals surface area contributed by atoms with Crippen LogP contribution in [0.2, 0.25) is 0 Å². The second kappa shape index (κ2) is 5.34. The summed E-state index contributed by atoms with van der Waals surface area (Å²) >= 11 is 0. The molecule has 0 atom stereocenters. The molecule has 90 valence electrons. The molecular formula is C12H15N3O2. The van der Waals surface area contributed by atoms with E-state index in [1.54, 1.807) is 0 Å². The van der Waals surface area contributed by atoms with E-state index >= 15 is 0 Å². The average molecular weight is 233 g/mol. The van der Waals surface area contributed by atoms with Crippen molar-refractivity contribution in [2.24, 2.45) is 4.99 Å². The largest absolute Gasteiger partial charge is 0.494 e. The molecule has 0 aromatic heterocycles. The summed E-state index contributed by atoms with van der Waals surface area (Å²) in [5.41, 5.74) is 6.21. The summed E-state index contributed by atoms with van der Waals surface area (Å²) in [6, 6.07) is 7.61. The summed E-state index contributed by atoms with van der Waals surface area (Å²) < 4.78 is 5.48. The fourth-order valence-corrected chi connectivity index (χ4v) is 1.45. The van der Waals surface area contributed by atoms with Crippen molar-refractivity contribution in [3.8, 4) is 5.75 Å². The number of amidine groups is 1. The van der Waals surface area contributed by atoms with Crippen LogP contribution in [0, 0.1) is 0 Å². The number of carbonyl (C=O) groups is 1. The van der Waals surface area contributed by atoms with Gasteiger partial charge in [0.15, 0.2) is 0 Å². The Kier molecular flexibility index (Phi) is 3.59. The third-order valence-corrected chi connectivity index (χ3v) is 2.30. The third kappa shape index (κ3) is 2.96. The quantitative estimate of drug-likeness (QED) is 0.810. The number of rotatable bonds is 4. The van der Waals surface area contributed by atoms with Gasteiger partial charge in [0.2, 0.25) is 0 Å². The van der Waals surface area contributed by atoms with E-state index in [-0.39, 0.29) is 12.5 Å². The van der Waals surface area contributed by atoms with Crippen LogP contribution >= 0.6 is 0 Å². The van der Waals surface area contributed by atoms with Crippen LogP contribution in [0.25, 0.3) is 0 Å². The first-order chi connectivity index (χ1) is 8.29. The van der Waals surface area contributed by atoms with Crippen LogP contribution in [0.15, 0.2) is 29.3 Å². The minimum Gasteiger partial charge on any atom is -0.494 e. The minimum atomic E-state index is -0.128. The van der Waals surface area contributed by atoms with Gasteiger partial charge < -0.3 is 4.74 Å². The Balaban J connectivity index is 2.05. The Morgan fingerprint density at radius 1 is 1.29 bits per heavy atom. The number of nitrogens with one attached hydrogen (secondary N) is 2. The van der Waals surface area contributed by atoms with E-state index in [9.17, 15) is 4.79 Å². The van der Waals surface area contributed by atoms with Gasteiger partial charge in [0.1, 0.15) is 18.1 Å². The number of hydrogen-bond acceptors (Lipinski definition) is 4. The molecule has 1 aromatic rings. The molecule has 0 spiro atoms. The number of amides is 1. The van der Waals surface area contributed by atoms with Gasteiger partial charge in [-0.2, -0.15) is 0 Å². The normalized spacial score (nSPS) is 14.6. The Bertz CT molecular complexity index is 426. The van der Waals surface area contributed by atoms with Crippen LogP contribution in [0.4, 0.5) is 0 Å². The molecule has 0 fully saturated rings. The number of aliphatic imine (C=N–C) groups is 1. The van der Waals surface area contributed by atoms with Crippen molar-refractivity contribution < 1.29 is 9.53 Å². The smallest absolute Gasteiger partial charge is 0.260 e. The van der Waals surface area contributed by atoms with E-state index in [4.69, 9.17) is 4.74 Å². The van der Waals surface area contributed by atoms with E-state index < -0.39 is 0 Å². The summed E-state index contributed by atoms with van der Waals surface area (Å²) in [5.74, 6) is 1.39. The highest BCUT2D eigenvalue weighted by Crippen LogP contribution is 2.12. The summed E-state index contributed by atoms with van der Waals surface area (Å²) in [7, 11) is 0. The fourth-order valence-electron chi connectivity index (χ4n) is 1.45. The molecule has 0 saturated carbocycles. The van der Waals surface area contributed by atoms with Gasteiger partial charge in [0, 0.05) is 5.56 Å². The van der Waals surface area contributed by atoms with Crippen LogP contribution in [0.1, 0.15) is 18.9 Å². The monoisotopic (exact) mass is 233 g/mol. The lowest BCUT2D eigenvalue weighted by atomic mass is 10.2. The summed E-state index contributed by atoms with van der Waals surface area (Å²) in [6.45, 7) is 2.95. The van der Waals surface area contributed by atoms with Crippen molar-refractivity contribution in [3.05, 3.63) is 29.8 Å². The minimum absolute atomic E-state index is 0.128. The van der Waals surface area contributed by atoms with Gasteiger partial charge in [-0.15, -0.1) is 0 Å². The van der Waals surface area contributed by atoms with E-state index in [0.717, 1.165) is 17.7 Å². The summed E-state index contributed by atoms with van der Waals surface area (Å²) in [4.78, 5) is 15.0. The number of hydrazine groups is 1. The first kappa shape index (κ1) is 11.4. The van der Waals surface area contributed by atoms with Gasteiger partial charge in [-0.3, -0.25) is 20.6 Å². The molecule has 1 amide bonds. The van der Waals surface area contributed by atoms with Gasteiger partial charge in [0.25, 0.3) is 5.91 Å². The van der Waals surface area contributed by atoms with E-state index in [2.05, 4.69) is 22.8 Å². The molecule has 1 aromatic carbocycles. The Morgan fingerprint density at radius 3 is 2.65 bits per heavy atom. The predicted molar refractivity (Wildman–Crippen MR) is 64.9 cm³/mol. The van der Waals surface area contributed by atoms with Gasteiger partial charge in [-0.05, 0) is 30.7 Å². The maximum absolute atomic E-state index is 10.9. The average Bonchev–Trinajstić information content (AvgIpc) is 2.38. The molecule has 17 heavy (non-hydrogen) atoms. The number of nitrogens with zero attached hydrogens (tertiary/aromatic N) is 1. The van der Waals surface area contributed by atoms with Crippen LogP contribution in [-0.4, -0.2) is 24.9 Å². The van der Waals surface area contributed by atoms with Crippen molar-refractivity contribution in [2.45, 2.75) is 13.3 Å². The maximum atomic E-state index is 10.9. The van der Waals surface area contributed by atoms with Crippen molar-refractivity contribution >= 4 is 11.7 Å². The highest BCUT2D eigenvalue weighted by atomic mass is 16.5. The molecular weight excluding hydrogens is 218 g/mol. The van der Waals surface area contributed by atoms with Crippen molar-refractivity contribution in [2.75, 3.05) is 13.2 Å². The van der Waals surface area contributed by atoms with E-state index in [1.165, 1.54) is 0 Å². The van der Waals surface area contributed by atoms with E-state index in [0.29, 0.717) is 12.4 Å². The Morgan fingerprint density at radius 2 is 2.06 bits per heavy atom. The van der Waals surface area contributed by atoms with Crippen molar-refractivity contribution in [1.82, 2.24) is 10.9 Å². The highest BCUT2D eigenvalue weighted by molar-refractivity contribution is 6.02. The highest BCUT2D eigenvalue weighted by Gasteiger charge is 2.11. The number of benzene rings is 1. The van der Waals surface area contributed by atoms with Gasteiger partial charge in [-0.1, -0.05) is 6.92 Å². The number of ether oxygens (including phenoxy) is 1. The molecule has 5 nitrogen and oxygen atoms in total. The number of hydrogen-bond donors (Lipinski definition) is 2. The van der Waals surface area contributed by atoms with Gasteiger partial charge in [0.05, 0.1) is 6.61 Å². The number of carbonyl (C=O) groups excluding carboxylic acids is 1. The van der Waals surface area contributed by atoms with Crippen molar-refractivity contribution in [1.29, 1.82) is 0 Å². The standard InChI is InChI=1S/C12H15N3O2/c1-2-7-17-10-5-3-9(4-6-10)12-13-8-11(16)14-15-12/h3-6H,2,7-8H2,1H3,(H,13,15)(H,14,16). The van der Waals surface area contributed by atoms with Crippen molar-refractivity contribution in [3.63, 3.8) is 0 Å². The first-order valence-corrected chi connectivity index (χ1v) is 5.62. The van der Waals surface area contributed by atoms with Gasteiger partial charge in [-0.25, -0.2) is 0 Å². The van der Waals surface area contributed by atoms with Gasteiger partial charge >= 0.3 is 0 Å². The molecule has 0 radical (unpaired) electrons. The predicted octanol–water partition coefficient (Wildman–Crippen LogP) is 0.856. The fraction of sp³-hybridized carbons (Fsp3) is 0.333. The Hall–Kier alpha value is -2.04. The molecule has 5 heteroatoms. The van der Waals surface area contributed by atoms with Crippen LogP contribution < -0.4 is 15.6 Å². The molecule has 0 bridgehead atoms. The van der Waals surface area contributed by atoms with Crippen LogP contribution in [0.5, 0.6) is 5.75 Å². The first-order valence-electron chi connectivity index (χ1n) is 5.62. The second-order valence-corrected chi connectivity index (χ2v) is 3.71. The topological polar surface area (TPSA) is 62.7 Å². The molecule has 2 rings (SSSR count). The van der Waals surface area contributed by atoms with E-state index in [1.807, 2.05) is 24.3 Å². The lowest BCUT2D eigenvalue weighted by Crippen LogP contribution is -2.47. The summed E-state index contributed by atoms with van der Waals surface area (Å²) in [5, 5.41) is 0. The molecule has 1 aliphatic rings. The SMILES string of the molecule is CCCOc1ccc(C2=NCC(=O)NN2)cc1.